The first-order valence-corrected chi connectivity index (χ1v) is 5.82. The standard InChI is InChI=1S/C10H11BrN2O3/c11-9-7-8(3-6-13(14)15)16-10(9)12-4-1-2-5-12/h3,6-7H,1-2,4-5H2/b6-3+. The number of nitrogens with zero attached hydrogens (tertiary/aromatic N) is 2. The second-order valence-electron chi connectivity index (χ2n) is 3.60. The lowest BCUT2D eigenvalue weighted by Crippen LogP contribution is -2.16. The van der Waals surface area contributed by atoms with Crippen molar-refractivity contribution in [2.75, 3.05) is 18.0 Å². The molecular formula is C10H11BrN2O3. The van der Waals surface area contributed by atoms with Crippen LogP contribution in [0.2, 0.25) is 0 Å². The van der Waals surface area contributed by atoms with Gasteiger partial charge < -0.3 is 9.32 Å². The highest BCUT2D eigenvalue weighted by Gasteiger charge is 2.19. The van der Waals surface area contributed by atoms with Gasteiger partial charge >= 0.3 is 0 Å². The summed E-state index contributed by atoms with van der Waals surface area (Å²) in [6.45, 7) is 1.95. The van der Waals surface area contributed by atoms with Crippen LogP contribution >= 0.6 is 15.9 Å². The van der Waals surface area contributed by atoms with Gasteiger partial charge in [0, 0.05) is 19.2 Å². The van der Waals surface area contributed by atoms with Gasteiger partial charge in [-0.1, -0.05) is 0 Å². The fraction of sp³-hybridized carbons (Fsp3) is 0.400. The zero-order valence-corrected chi connectivity index (χ0v) is 10.1. The van der Waals surface area contributed by atoms with E-state index in [-0.39, 0.29) is 0 Å². The molecule has 6 heteroatoms. The van der Waals surface area contributed by atoms with Crippen molar-refractivity contribution in [2.24, 2.45) is 0 Å². The molecule has 16 heavy (non-hydrogen) atoms. The third kappa shape index (κ3) is 2.44. The molecule has 0 saturated carbocycles. The van der Waals surface area contributed by atoms with Crippen LogP contribution in [0.25, 0.3) is 6.08 Å². The van der Waals surface area contributed by atoms with E-state index in [1.54, 1.807) is 6.07 Å². The van der Waals surface area contributed by atoms with E-state index in [0.717, 1.165) is 42.5 Å². The summed E-state index contributed by atoms with van der Waals surface area (Å²) in [6.07, 6.45) is 4.55. The largest absolute Gasteiger partial charge is 0.440 e. The van der Waals surface area contributed by atoms with E-state index in [1.165, 1.54) is 6.08 Å². The zero-order valence-electron chi connectivity index (χ0n) is 8.56. The fourth-order valence-electron chi connectivity index (χ4n) is 1.73. The van der Waals surface area contributed by atoms with Crippen molar-refractivity contribution >= 4 is 27.9 Å². The van der Waals surface area contributed by atoms with Crippen LogP contribution in [0.4, 0.5) is 5.88 Å². The molecule has 1 aromatic heterocycles. The highest BCUT2D eigenvalue weighted by molar-refractivity contribution is 9.10. The molecule has 1 saturated heterocycles. The minimum Gasteiger partial charge on any atom is -0.440 e. The Hall–Kier alpha value is -1.30. The molecule has 0 amide bonds. The average Bonchev–Trinajstić information content (AvgIpc) is 2.83. The second-order valence-corrected chi connectivity index (χ2v) is 4.45. The number of anilines is 1. The summed E-state index contributed by atoms with van der Waals surface area (Å²) in [5, 5.41) is 10.2. The Kier molecular flexibility index (Phi) is 3.28. The lowest BCUT2D eigenvalue weighted by atomic mass is 10.4. The molecule has 0 radical (unpaired) electrons. The Labute approximate surface area is 101 Å². The van der Waals surface area contributed by atoms with Gasteiger partial charge in [-0.05, 0) is 28.8 Å². The van der Waals surface area contributed by atoms with Crippen LogP contribution in [0, 0.1) is 10.1 Å². The lowest BCUT2D eigenvalue weighted by molar-refractivity contribution is -0.401. The molecule has 0 atom stereocenters. The zero-order chi connectivity index (χ0) is 11.5. The number of furan rings is 1. The van der Waals surface area contributed by atoms with Crippen molar-refractivity contribution in [3.05, 3.63) is 32.6 Å². The Bertz CT molecular complexity index is 422. The first kappa shape index (κ1) is 11.2. The SMILES string of the molecule is O=[N+]([O-])/C=C/c1cc(Br)c(N2CCCC2)o1. The van der Waals surface area contributed by atoms with Crippen LogP contribution in [0.15, 0.2) is 21.2 Å². The predicted molar refractivity (Wildman–Crippen MR) is 63.9 cm³/mol. The van der Waals surface area contributed by atoms with Gasteiger partial charge in [0.1, 0.15) is 5.76 Å². The van der Waals surface area contributed by atoms with Gasteiger partial charge in [0.2, 0.25) is 12.1 Å². The first-order valence-electron chi connectivity index (χ1n) is 5.03. The molecular weight excluding hydrogens is 276 g/mol. The van der Waals surface area contributed by atoms with Crippen molar-refractivity contribution in [3.63, 3.8) is 0 Å². The van der Waals surface area contributed by atoms with Crippen LogP contribution in [0.1, 0.15) is 18.6 Å². The number of halogens is 1. The van der Waals surface area contributed by atoms with Crippen LogP contribution in [-0.2, 0) is 0 Å². The first-order chi connectivity index (χ1) is 7.66. The number of hydrogen-bond acceptors (Lipinski definition) is 4. The van der Waals surface area contributed by atoms with Gasteiger partial charge in [-0.15, -0.1) is 0 Å². The molecule has 0 spiro atoms. The third-order valence-electron chi connectivity index (χ3n) is 2.44. The Balaban J connectivity index is 2.17. The predicted octanol–water partition coefficient (Wildman–Crippen LogP) is 2.89. The van der Waals surface area contributed by atoms with E-state index in [9.17, 15) is 10.1 Å². The summed E-state index contributed by atoms with van der Waals surface area (Å²) in [6, 6.07) is 1.74. The molecule has 86 valence electrons. The highest BCUT2D eigenvalue weighted by atomic mass is 79.9. The molecule has 1 aliphatic heterocycles. The number of rotatable bonds is 3. The van der Waals surface area contributed by atoms with Crippen LogP contribution in [0.5, 0.6) is 0 Å². The minimum absolute atomic E-state index is 0.491. The van der Waals surface area contributed by atoms with Gasteiger partial charge in [-0.2, -0.15) is 0 Å². The Morgan fingerprint density at radius 1 is 1.50 bits per heavy atom. The normalized spacial score (nSPS) is 16.2. The monoisotopic (exact) mass is 286 g/mol. The van der Waals surface area contributed by atoms with E-state index in [4.69, 9.17) is 4.42 Å². The maximum atomic E-state index is 10.2. The third-order valence-corrected chi connectivity index (χ3v) is 3.01. The average molecular weight is 287 g/mol. The lowest BCUT2D eigenvalue weighted by Gasteiger charge is -2.13. The molecule has 2 rings (SSSR count). The van der Waals surface area contributed by atoms with Crippen molar-refractivity contribution in [2.45, 2.75) is 12.8 Å². The van der Waals surface area contributed by atoms with Crippen LogP contribution < -0.4 is 4.90 Å². The molecule has 0 aromatic carbocycles. The molecule has 2 heterocycles. The summed E-state index contributed by atoms with van der Waals surface area (Å²) in [7, 11) is 0. The van der Waals surface area contributed by atoms with E-state index >= 15 is 0 Å². The van der Waals surface area contributed by atoms with Crippen molar-refractivity contribution in [1.82, 2.24) is 0 Å². The van der Waals surface area contributed by atoms with Crippen molar-refractivity contribution in [1.29, 1.82) is 0 Å². The van der Waals surface area contributed by atoms with Crippen molar-refractivity contribution < 1.29 is 9.34 Å². The van der Waals surface area contributed by atoms with E-state index in [0.29, 0.717) is 5.76 Å². The quantitative estimate of drug-likeness (QED) is 0.633. The molecule has 0 unspecified atom stereocenters. The van der Waals surface area contributed by atoms with E-state index in [2.05, 4.69) is 20.8 Å². The summed E-state index contributed by atoms with van der Waals surface area (Å²) in [5.41, 5.74) is 0. The van der Waals surface area contributed by atoms with Gasteiger partial charge in [0.05, 0.1) is 15.5 Å². The topological polar surface area (TPSA) is 59.5 Å². The van der Waals surface area contributed by atoms with Crippen LogP contribution in [0.3, 0.4) is 0 Å². The summed E-state index contributed by atoms with van der Waals surface area (Å²) < 4.78 is 6.38. The van der Waals surface area contributed by atoms with Gasteiger partial charge in [-0.3, -0.25) is 10.1 Å². The van der Waals surface area contributed by atoms with E-state index < -0.39 is 4.92 Å². The molecule has 1 aliphatic rings. The molecule has 1 aromatic rings. The summed E-state index contributed by atoms with van der Waals surface area (Å²) in [4.78, 5) is 11.8. The van der Waals surface area contributed by atoms with Crippen molar-refractivity contribution in [3.8, 4) is 0 Å². The molecule has 1 fully saturated rings. The van der Waals surface area contributed by atoms with Gasteiger partial charge in [0.15, 0.2) is 0 Å². The highest BCUT2D eigenvalue weighted by Crippen LogP contribution is 2.32. The Morgan fingerprint density at radius 2 is 2.19 bits per heavy atom. The number of hydrogen-bond donors (Lipinski definition) is 0. The fourth-order valence-corrected chi connectivity index (χ4v) is 2.29. The minimum atomic E-state index is -0.508. The van der Waals surface area contributed by atoms with Gasteiger partial charge in [0.25, 0.3) is 0 Å². The van der Waals surface area contributed by atoms with Gasteiger partial charge in [-0.25, -0.2) is 0 Å². The second kappa shape index (κ2) is 4.69. The molecule has 0 bridgehead atoms. The molecule has 5 nitrogen and oxygen atoms in total. The van der Waals surface area contributed by atoms with Crippen LogP contribution in [-0.4, -0.2) is 18.0 Å². The Morgan fingerprint density at radius 3 is 2.81 bits per heavy atom. The maximum Gasteiger partial charge on any atom is 0.238 e. The summed E-state index contributed by atoms with van der Waals surface area (Å²) in [5.74, 6) is 1.26. The smallest absolute Gasteiger partial charge is 0.238 e. The van der Waals surface area contributed by atoms with E-state index in [1.807, 2.05) is 0 Å². The molecule has 0 N–H and O–H groups in total. The maximum absolute atomic E-state index is 10.2. The molecule has 0 aliphatic carbocycles. The number of nitro groups is 1. The summed E-state index contributed by atoms with van der Waals surface area (Å²) >= 11 is 3.40.